The number of carbonyl (C=O) groups excluding carboxylic acids is 2. The number of carbonyl (C=O) groups is 2. The maximum atomic E-state index is 13.3. The molecule has 1 unspecified atom stereocenters. The van der Waals surface area contributed by atoms with Gasteiger partial charge in [0.15, 0.2) is 0 Å². The molecule has 3 aromatic rings. The van der Waals surface area contributed by atoms with Crippen molar-refractivity contribution in [1.82, 2.24) is 5.32 Å². The van der Waals surface area contributed by atoms with E-state index in [2.05, 4.69) is 5.32 Å². The van der Waals surface area contributed by atoms with Crippen LogP contribution in [0.4, 0.5) is 5.69 Å². The fourth-order valence-electron chi connectivity index (χ4n) is 4.16. The summed E-state index contributed by atoms with van der Waals surface area (Å²) in [5.41, 5.74) is 4.07. The minimum absolute atomic E-state index is 0.0456. The molecular formula is C27H28N2O4. The molecule has 3 aromatic carbocycles. The molecule has 1 aliphatic heterocycles. The van der Waals surface area contributed by atoms with Crippen molar-refractivity contribution in [2.24, 2.45) is 0 Å². The highest BCUT2D eigenvalue weighted by atomic mass is 16.5. The number of hydrogen-bond acceptors (Lipinski definition) is 4. The molecule has 0 saturated carbocycles. The quantitative estimate of drug-likeness (QED) is 0.578. The van der Waals surface area contributed by atoms with Gasteiger partial charge < -0.3 is 19.7 Å². The lowest BCUT2D eigenvalue weighted by molar-refractivity contribution is 0.0945. The molecule has 1 N–H and O–H groups in total. The maximum Gasteiger partial charge on any atom is 0.258 e. The van der Waals surface area contributed by atoms with Gasteiger partial charge in [0.25, 0.3) is 11.8 Å². The van der Waals surface area contributed by atoms with Gasteiger partial charge in [-0.3, -0.25) is 9.59 Å². The van der Waals surface area contributed by atoms with Gasteiger partial charge in [-0.15, -0.1) is 0 Å². The van der Waals surface area contributed by atoms with Crippen molar-refractivity contribution in [3.8, 4) is 11.5 Å². The molecule has 0 aliphatic carbocycles. The van der Waals surface area contributed by atoms with Crippen molar-refractivity contribution in [3.63, 3.8) is 0 Å². The van der Waals surface area contributed by atoms with Gasteiger partial charge in [0, 0.05) is 23.8 Å². The molecule has 0 aromatic heterocycles. The summed E-state index contributed by atoms with van der Waals surface area (Å²) in [5, 5.41) is 2.97. The first kappa shape index (κ1) is 22.4. The first-order chi connectivity index (χ1) is 16.0. The van der Waals surface area contributed by atoms with E-state index < -0.39 is 0 Å². The Hall–Kier alpha value is -3.80. The molecule has 1 aliphatic rings. The van der Waals surface area contributed by atoms with E-state index in [1.165, 1.54) is 0 Å². The van der Waals surface area contributed by atoms with Crippen LogP contribution in [0.5, 0.6) is 11.5 Å². The molecule has 33 heavy (non-hydrogen) atoms. The Balaban J connectivity index is 1.51. The summed E-state index contributed by atoms with van der Waals surface area (Å²) in [4.78, 5) is 27.9. The lowest BCUT2D eigenvalue weighted by Crippen LogP contribution is -2.35. The summed E-state index contributed by atoms with van der Waals surface area (Å²) in [6.45, 7) is 4.78. The number of nitrogens with one attached hydrogen (secondary N) is 1. The number of amides is 2. The number of hydrogen-bond donors (Lipinski definition) is 1. The predicted octanol–water partition coefficient (Wildman–Crippen LogP) is 4.62. The fraction of sp³-hybridized carbons (Fsp3) is 0.259. The minimum Gasteiger partial charge on any atom is -0.497 e. The average molecular weight is 445 g/mol. The van der Waals surface area contributed by atoms with Crippen LogP contribution in [0.2, 0.25) is 0 Å². The highest BCUT2D eigenvalue weighted by Gasteiger charge is 2.31. The molecule has 0 radical (unpaired) electrons. The number of ether oxygens (including phenoxy) is 2. The van der Waals surface area contributed by atoms with Gasteiger partial charge in [-0.2, -0.15) is 0 Å². The average Bonchev–Trinajstić information content (AvgIpc) is 3.17. The molecule has 1 atom stereocenters. The summed E-state index contributed by atoms with van der Waals surface area (Å²) in [6, 6.07) is 20.4. The van der Waals surface area contributed by atoms with E-state index in [4.69, 9.17) is 9.47 Å². The summed E-state index contributed by atoms with van der Waals surface area (Å²) < 4.78 is 10.8. The van der Waals surface area contributed by atoms with Crippen LogP contribution in [-0.4, -0.2) is 31.6 Å². The van der Waals surface area contributed by atoms with Crippen molar-refractivity contribution in [2.45, 2.75) is 32.9 Å². The van der Waals surface area contributed by atoms with Gasteiger partial charge >= 0.3 is 0 Å². The highest BCUT2D eigenvalue weighted by molar-refractivity contribution is 6.08. The minimum atomic E-state index is -0.195. The lowest BCUT2D eigenvalue weighted by Gasteiger charge is -2.23. The van der Waals surface area contributed by atoms with Crippen molar-refractivity contribution >= 4 is 17.5 Å². The van der Waals surface area contributed by atoms with E-state index in [-0.39, 0.29) is 17.9 Å². The van der Waals surface area contributed by atoms with Crippen LogP contribution in [0.25, 0.3) is 0 Å². The first-order valence-electron chi connectivity index (χ1n) is 11.1. The van der Waals surface area contributed by atoms with E-state index in [0.29, 0.717) is 35.8 Å². The molecule has 1 heterocycles. The first-order valence-corrected chi connectivity index (χ1v) is 11.1. The molecular weight excluding hydrogens is 416 g/mol. The summed E-state index contributed by atoms with van der Waals surface area (Å²) >= 11 is 0. The number of methoxy groups -OCH3 is 1. The van der Waals surface area contributed by atoms with Crippen molar-refractivity contribution in [2.75, 3.05) is 18.6 Å². The summed E-state index contributed by atoms with van der Waals surface area (Å²) in [7, 11) is 1.60. The van der Waals surface area contributed by atoms with Crippen LogP contribution in [0, 0.1) is 0 Å². The van der Waals surface area contributed by atoms with Gasteiger partial charge in [0.05, 0.1) is 19.3 Å². The van der Waals surface area contributed by atoms with Crippen LogP contribution in [0.1, 0.15) is 45.7 Å². The second-order valence-electron chi connectivity index (χ2n) is 8.03. The second-order valence-corrected chi connectivity index (χ2v) is 8.03. The molecule has 4 rings (SSSR count). The Labute approximate surface area is 194 Å². The van der Waals surface area contributed by atoms with Gasteiger partial charge in [-0.25, -0.2) is 0 Å². The Morgan fingerprint density at radius 3 is 2.55 bits per heavy atom. The molecule has 2 amide bonds. The third-order valence-electron chi connectivity index (χ3n) is 5.81. The summed E-state index contributed by atoms with van der Waals surface area (Å²) in [5.74, 6) is 1.04. The fourth-order valence-corrected chi connectivity index (χ4v) is 4.16. The van der Waals surface area contributed by atoms with Crippen molar-refractivity contribution < 1.29 is 19.1 Å². The van der Waals surface area contributed by atoms with Gasteiger partial charge in [0.1, 0.15) is 11.5 Å². The third-order valence-corrected chi connectivity index (χ3v) is 5.81. The maximum absolute atomic E-state index is 13.3. The predicted molar refractivity (Wildman–Crippen MR) is 128 cm³/mol. The number of fused-ring (bicyclic) bond motifs is 1. The van der Waals surface area contributed by atoms with Crippen LogP contribution in [-0.2, 0) is 13.0 Å². The number of nitrogens with zero attached hydrogens (tertiary/aromatic N) is 1. The van der Waals surface area contributed by atoms with Crippen LogP contribution < -0.4 is 19.7 Å². The van der Waals surface area contributed by atoms with Gasteiger partial charge in [-0.1, -0.05) is 24.3 Å². The van der Waals surface area contributed by atoms with Crippen LogP contribution in [0.15, 0.2) is 66.7 Å². The van der Waals surface area contributed by atoms with Crippen molar-refractivity contribution in [1.29, 1.82) is 0 Å². The lowest BCUT2D eigenvalue weighted by atomic mass is 10.1. The Bertz CT molecular complexity index is 1160. The second kappa shape index (κ2) is 9.77. The SMILES string of the molecule is CCOc1ccccc1C(=O)NCc1ccc2c(c1)N(C(=O)c1ccc(OC)cc1)C(C)C2. The van der Waals surface area contributed by atoms with Gasteiger partial charge in [0.2, 0.25) is 0 Å². The number of para-hydroxylation sites is 1. The Kier molecular flexibility index (Phi) is 6.63. The van der Waals surface area contributed by atoms with Crippen LogP contribution in [0.3, 0.4) is 0 Å². The monoisotopic (exact) mass is 444 g/mol. The Morgan fingerprint density at radius 1 is 1.06 bits per heavy atom. The molecule has 0 bridgehead atoms. The summed E-state index contributed by atoms with van der Waals surface area (Å²) in [6.07, 6.45) is 0.797. The molecule has 170 valence electrons. The normalized spacial score (nSPS) is 14.5. The van der Waals surface area contributed by atoms with E-state index >= 15 is 0 Å². The molecule has 6 heteroatoms. The zero-order chi connectivity index (χ0) is 23.4. The zero-order valence-electron chi connectivity index (χ0n) is 19.1. The molecule has 0 spiro atoms. The highest BCUT2D eigenvalue weighted by Crippen LogP contribution is 2.34. The topological polar surface area (TPSA) is 67.9 Å². The number of anilines is 1. The third kappa shape index (κ3) is 4.70. The van der Waals surface area contributed by atoms with Crippen LogP contribution >= 0.6 is 0 Å². The van der Waals surface area contributed by atoms with Gasteiger partial charge in [-0.05, 0) is 73.9 Å². The van der Waals surface area contributed by atoms with E-state index in [0.717, 1.165) is 23.2 Å². The number of rotatable bonds is 7. The van der Waals surface area contributed by atoms with Crippen molar-refractivity contribution in [3.05, 3.63) is 89.0 Å². The molecule has 0 saturated heterocycles. The van der Waals surface area contributed by atoms with E-state index in [1.807, 2.05) is 49.1 Å². The molecule has 0 fully saturated rings. The Morgan fingerprint density at radius 2 is 1.82 bits per heavy atom. The standard InChI is InChI=1S/C27H28N2O4/c1-4-33-25-8-6-5-7-23(25)26(30)28-17-19-9-10-21-15-18(2)29(24(21)16-19)27(31)20-11-13-22(32-3)14-12-20/h5-14,16,18H,4,15,17H2,1-3H3,(H,28,30). The van der Waals surface area contributed by atoms with E-state index in [1.54, 1.807) is 43.5 Å². The molecule has 6 nitrogen and oxygen atoms in total. The zero-order valence-corrected chi connectivity index (χ0v) is 19.1. The smallest absolute Gasteiger partial charge is 0.258 e. The largest absolute Gasteiger partial charge is 0.497 e. The van der Waals surface area contributed by atoms with E-state index in [9.17, 15) is 9.59 Å². The number of benzene rings is 3.